The van der Waals surface area contributed by atoms with Gasteiger partial charge in [0.15, 0.2) is 11.3 Å². The van der Waals surface area contributed by atoms with Crippen LogP contribution in [0.2, 0.25) is 0 Å². The van der Waals surface area contributed by atoms with Gasteiger partial charge in [0.1, 0.15) is 0 Å². The molecule has 0 aliphatic rings. The van der Waals surface area contributed by atoms with E-state index in [2.05, 4.69) is 31.1 Å². The molecule has 0 spiro atoms. The normalized spacial score (nSPS) is 11.1. The first kappa shape index (κ1) is 14.7. The van der Waals surface area contributed by atoms with Gasteiger partial charge in [-0.25, -0.2) is 9.50 Å². The zero-order valence-electron chi connectivity index (χ0n) is 12.5. The van der Waals surface area contributed by atoms with Crippen LogP contribution in [-0.2, 0) is 13.6 Å². The van der Waals surface area contributed by atoms with Crippen molar-refractivity contribution in [1.82, 2.24) is 29.3 Å². The number of rotatable bonds is 3. The Morgan fingerprint density at radius 3 is 2.82 bits per heavy atom. The Hall–Kier alpha value is -2.22. The molecule has 0 saturated carbocycles. The predicted octanol–water partition coefficient (Wildman–Crippen LogP) is 1.81. The van der Waals surface area contributed by atoms with Gasteiger partial charge in [-0.15, -0.1) is 0 Å². The molecule has 114 valence electrons. The number of carbonyl (C=O) groups is 1. The Morgan fingerprint density at radius 1 is 1.41 bits per heavy atom. The second kappa shape index (κ2) is 5.53. The quantitative estimate of drug-likeness (QED) is 0.712. The fourth-order valence-corrected chi connectivity index (χ4v) is 2.84. The lowest BCUT2D eigenvalue weighted by atomic mass is 10.2. The highest BCUT2D eigenvalue weighted by atomic mass is 79.9. The molecule has 8 heteroatoms. The molecule has 7 nitrogen and oxygen atoms in total. The second-order valence-corrected chi connectivity index (χ2v) is 5.92. The Balaban J connectivity index is 1.88. The van der Waals surface area contributed by atoms with Gasteiger partial charge in [-0.05, 0) is 28.9 Å². The molecular weight excluding hydrogens is 348 g/mol. The summed E-state index contributed by atoms with van der Waals surface area (Å²) in [5.41, 5.74) is 2.90. The van der Waals surface area contributed by atoms with Gasteiger partial charge in [0.25, 0.3) is 5.91 Å². The van der Waals surface area contributed by atoms with Crippen molar-refractivity contribution in [2.24, 2.45) is 7.05 Å². The van der Waals surface area contributed by atoms with Crippen LogP contribution in [0.1, 0.15) is 21.7 Å². The van der Waals surface area contributed by atoms with Gasteiger partial charge < -0.3 is 4.90 Å². The van der Waals surface area contributed by atoms with Gasteiger partial charge in [-0.3, -0.25) is 9.48 Å². The van der Waals surface area contributed by atoms with E-state index in [1.165, 1.54) is 0 Å². The van der Waals surface area contributed by atoms with E-state index >= 15 is 0 Å². The lowest BCUT2D eigenvalue weighted by Gasteiger charge is -2.15. The molecule has 0 bridgehead atoms. The maximum absolute atomic E-state index is 12.6. The molecule has 3 rings (SSSR count). The minimum absolute atomic E-state index is 0.166. The van der Waals surface area contributed by atoms with E-state index in [0.717, 1.165) is 11.3 Å². The van der Waals surface area contributed by atoms with Gasteiger partial charge in [0, 0.05) is 44.8 Å². The fourth-order valence-electron chi connectivity index (χ4n) is 2.31. The summed E-state index contributed by atoms with van der Waals surface area (Å²) in [4.78, 5) is 18.5. The van der Waals surface area contributed by atoms with Gasteiger partial charge in [-0.1, -0.05) is 0 Å². The first-order chi connectivity index (χ1) is 10.5. The van der Waals surface area contributed by atoms with Crippen LogP contribution >= 0.6 is 15.9 Å². The van der Waals surface area contributed by atoms with E-state index in [1.807, 2.05) is 20.2 Å². The van der Waals surface area contributed by atoms with E-state index in [-0.39, 0.29) is 5.91 Å². The van der Waals surface area contributed by atoms with E-state index in [0.29, 0.717) is 22.4 Å². The molecule has 3 aromatic rings. The number of fused-ring (bicyclic) bond motifs is 1. The van der Waals surface area contributed by atoms with Gasteiger partial charge in [-0.2, -0.15) is 10.2 Å². The Bertz CT molecular complexity index is 852. The number of aromatic nitrogens is 5. The summed E-state index contributed by atoms with van der Waals surface area (Å²) in [6.45, 7) is 2.41. The van der Waals surface area contributed by atoms with Crippen LogP contribution in [0.15, 0.2) is 29.1 Å². The van der Waals surface area contributed by atoms with Crippen molar-refractivity contribution in [3.8, 4) is 0 Å². The summed E-state index contributed by atoms with van der Waals surface area (Å²) >= 11 is 3.41. The molecule has 0 saturated heterocycles. The van der Waals surface area contributed by atoms with Crippen molar-refractivity contribution in [3.63, 3.8) is 0 Å². The highest BCUT2D eigenvalue weighted by Gasteiger charge is 2.22. The third-order valence-electron chi connectivity index (χ3n) is 3.41. The number of nitrogens with zero attached hydrogens (tertiary/aromatic N) is 6. The van der Waals surface area contributed by atoms with E-state index < -0.39 is 0 Å². The van der Waals surface area contributed by atoms with Gasteiger partial charge in [0.05, 0.1) is 10.2 Å². The summed E-state index contributed by atoms with van der Waals surface area (Å²) in [5.74, 6) is -0.166. The summed E-state index contributed by atoms with van der Waals surface area (Å²) in [5, 5.41) is 8.59. The molecule has 0 aliphatic heterocycles. The topological polar surface area (TPSA) is 68.3 Å². The Labute approximate surface area is 135 Å². The average Bonchev–Trinajstić information content (AvgIpc) is 2.99. The van der Waals surface area contributed by atoms with Crippen LogP contribution in [0.3, 0.4) is 0 Å². The number of carbonyl (C=O) groups excluding carboxylic acids is 1. The SMILES string of the molecule is Cc1nn(C)cc1CN(C)C(=O)c1nn2cccnc2c1Br. The Kier molecular flexibility index (Phi) is 3.69. The molecule has 0 fully saturated rings. The molecule has 0 radical (unpaired) electrons. The van der Waals surface area contributed by atoms with Crippen LogP contribution < -0.4 is 0 Å². The lowest BCUT2D eigenvalue weighted by molar-refractivity contribution is 0.0778. The summed E-state index contributed by atoms with van der Waals surface area (Å²) in [6.07, 6.45) is 5.34. The van der Waals surface area contributed by atoms with Crippen LogP contribution in [0.4, 0.5) is 0 Å². The number of aryl methyl sites for hydroxylation is 2. The molecule has 0 aliphatic carbocycles. The lowest BCUT2D eigenvalue weighted by Crippen LogP contribution is -2.27. The summed E-state index contributed by atoms with van der Waals surface area (Å²) in [6, 6.07) is 1.77. The largest absolute Gasteiger partial charge is 0.336 e. The number of hydrogen-bond donors (Lipinski definition) is 0. The standard InChI is InChI=1S/C14H15BrN6O/c1-9-10(8-20(3)17-9)7-19(2)14(22)12-11(15)13-16-5-4-6-21(13)18-12/h4-6,8H,7H2,1-3H3. The number of halogens is 1. The molecule has 0 unspecified atom stereocenters. The van der Waals surface area contributed by atoms with Crippen molar-refractivity contribution in [3.05, 3.63) is 46.1 Å². The first-order valence-corrected chi connectivity index (χ1v) is 7.50. The Morgan fingerprint density at radius 2 is 2.18 bits per heavy atom. The van der Waals surface area contributed by atoms with Crippen LogP contribution in [0.5, 0.6) is 0 Å². The average molecular weight is 363 g/mol. The molecular formula is C14H15BrN6O. The highest BCUT2D eigenvalue weighted by molar-refractivity contribution is 9.10. The zero-order valence-corrected chi connectivity index (χ0v) is 14.1. The van der Waals surface area contributed by atoms with Crippen molar-refractivity contribution < 1.29 is 4.79 Å². The third-order valence-corrected chi connectivity index (χ3v) is 4.14. The number of amides is 1. The van der Waals surface area contributed by atoms with Crippen molar-refractivity contribution in [2.75, 3.05) is 7.05 Å². The van der Waals surface area contributed by atoms with E-state index in [4.69, 9.17) is 0 Å². The smallest absolute Gasteiger partial charge is 0.275 e. The first-order valence-electron chi connectivity index (χ1n) is 6.71. The molecule has 3 heterocycles. The molecule has 0 atom stereocenters. The third kappa shape index (κ3) is 2.50. The monoisotopic (exact) mass is 362 g/mol. The van der Waals surface area contributed by atoms with Gasteiger partial charge in [0.2, 0.25) is 0 Å². The second-order valence-electron chi connectivity index (χ2n) is 5.13. The molecule has 3 aromatic heterocycles. The van der Waals surface area contributed by atoms with Crippen LogP contribution in [0, 0.1) is 6.92 Å². The maximum atomic E-state index is 12.6. The van der Waals surface area contributed by atoms with Crippen LogP contribution in [-0.4, -0.2) is 42.2 Å². The van der Waals surface area contributed by atoms with E-state index in [9.17, 15) is 4.79 Å². The van der Waals surface area contributed by atoms with Crippen LogP contribution in [0.25, 0.3) is 5.65 Å². The number of hydrogen-bond acceptors (Lipinski definition) is 4. The molecule has 0 aromatic carbocycles. The zero-order chi connectivity index (χ0) is 15.9. The molecule has 1 amide bonds. The summed E-state index contributed by atoms with van der Waals surface area (Å²) in [7, 11) is 3.61. The van der Waals surface area contributed by atoms with Gasteiger partial charge >= 0.3 is 0 Å². The highest BCUT2D eigenvalue weighted by Crippen LogP contribution is 2.22. The van der Waals surface area contributed by atoms with Crippen molar-refractivity contribution >= 4 is 27.5 Å². The minimum atomic E-state index is -0.166. The molecule has 0 N–H and O–H groups in total. The fraction of sp³-hybridized carbons (Fsp3) is 0.286. The van der Waals surface area contributed by atoms with Crippen molar-refractivity contribution in [2.45, 2.75) is 13.5 Å². The predicted molar refractivity (Wildman–Crippen MR) is 84.4 cm³/mol. The maximum Gasteiger partial charge on any atom is 0.275 e. The summed E-state index contributed by atoms with van der Waals surface area (Å²) < 4.78 is 3.93. The minimum Gasteiger partial charge on any atom is -0.336 e. The van der Waals surface area contributed by atoms with E-state index in [1.54, 1.807) is 39.6 Å². The van der Waals surface area contributed by atoms with Crippen molar-refractivity contribution in [1.29, 1.82) is 0 Å². The molecule has 22 heavy (non-hydrogen) atoms.